The highest BCUT2D eigenvalue weighted by atomic mass is 16.2. The second-order valence-electron chi connectivity index (χ2n) is 5.37. The van der Waals surface area contributed by atoms with E-state index in [2.05, 4.69) is 10.3 Å². The number of aromatic amines is 1. The van der Waals surface area contributed by atoms with Crippen molar-refractivity contribution in [1.82, 2.24) is 15.2 Å². The highest BCUT2D eigenvalue weighted by molar-refractivity contribution is 5.96. The Kier molecular flexibility index (Phi) is 3.30. The van der Waals surface area contributed by atoms with Crippen molar-refractivity contribution in [3.63, 3.8) is 0 Å². The summed E-state index contributed by atoms with van der Waals surface area (Å²) in [5, 5.41) is 2.94. The molecule has 2 heterocycles. The van der Waals surface area contributed by atoms with Crippen LogP contribution in [-0.2, 0) is 4.79 Å². The van der Waals surface area contributed by atoms with Crippen LogP contribution >= 0.6 is 0 Å². The summed E-state index contributed by atoms with van der Waals surface area (Å²) in [6.07, 6.45) is 3.55. The first-order chi connectivity index (χ1) is 9.65. The molecule has 1 atom stereocenters. The minimum atomic E-state index is -0.410. The molecule has 6 heteroatoms. The van der Waals surface area contributed by atoms with E-state index in [1.165, 1.54) is 6.07 Å². The predicted molar refractivity (Wildman–Crippen MR) is 72.3 cm³/mol. The van der Waals surface area contributed by atoms with E-state index in [9.17, 15) is 14.4 Å². The molecule has 1 aliphatic carbocycles. The molecule has 0 aromatic carbocycles. The normalized spacial score (nSPS) is 21.8. The molecule has 20 heavy (non-hydrogen) atoms. The molecule has 2 aliphatic rings. The lowest BCUT2D eigenvalue weighted by molar-refractivity contribution is -0.125. The predicted octanol–water partition coefficient (Wildman–Crippen LogP) is 0.258. The summed E-state index contributed by atoms with van der Waals surface area (Å²) >= 11 is 0. The topological polar surface area (TPSA) is 82.3 Å². The SMILES string of the molecule is O=C(NC1CC1)C1CCCN1C(=O)c1cccc(=O)[nH]1. The number of carbonyl (C=O) groups is 2. The highest BCUT2D eigenvalue weighted by Gasteiger charge is 2.36. The fraction of sp³-hybridized carbons (Fsp3) is 0.500. The van der Waals surface area contributed by atoms with Gasteiger partial charge in [-0.2, -0.15) is 0 Å². The van der Waals surface area contributed by atoms with Crippen molar-refractivity contribution in [3.05, 3.63) is 34.2 Å². The van der Waals surface area contributed by atoms with Crippen LogP contribution in [0.1, 0.15) is 36.2 Å². The van der Waals surface area contributed by atoms with Crippen LogP contribution in [0.5, 0.6) is 0 Å². The first-order valence-electron chi connectivity index (χ1n) is 6.96. The second-order valence-corrected chi connectivity index (χ2v) is 5.37. The monoisotopic (exact) mass is 275 g/mol. The van der Waals surface area contributed by atoms with E-state index in [-0.39, 0.29) is 29.1 Å². The number of hydrogen-bond donors (Lipinski definition) is 2. The van der Waals surface area contributed by atoms with Gasteiger partial charge in [-0.3, -0.25) is 14.4 Å². The van der Waals surface area contributed by atoms with Gasteiger partial charge in [0.2, 0.25) is 11.5 Å². The smallest absolute Gasteiger partial charge is 0.271 e. The van der Waals surface area contributed by atoms with Crippen molar-refractivity contribution in [2.24, 2.45) is 0 Å². The summed E-state index contributed by atoms with van der Waals surface area (Å²) in [5.74, 6) is -0.354. The zero-order valence-corrected chi connectivity index (χ0v) is 11.1. The average Bonchev–Trinajstić information content (AvgIpc) is 3.10. The Hall–Kier alpha value is -2.11. The van der Waals surface area contributed by atoms with E-state index in [1.807, 2.05) is 0 Å². The largest absolute Gasteiger partial charge is 0.352 e. The number of nitrogens with one attached hydrogen (secondary N) is 2. The van der Waals surface area contributed by atoms with Gasteiger partial charge < -0.3 is 15.2 Å². The lowest BCUT2D eigenvalue weighted by Crippen LogP contribution is -2.46. The quantitative estimate of drug-likeness (QED) is 0.830. The molecular weight excluding hydrogens is 258 g/mol. The summed E-state index contributed by atoms with van der Waals surface area (Å²) in [6, 6.07) is 4.35. The molecule has 2 amide bonds. The second kappa shape index (κ2) is 5.11. The van der Waals surface area contributed by atoms with E-state index in [0.29, 0.717) is 13.0 Å². The van der Waals surface area contributed by atoms with Crippen LogP contribution in [0.4, 0.5) is 0 Å². The van der Waals surface area contributed by atoms with Gasteiger partial charge in [0.1, 0.15) is 11.7 Å². The minimum absolute atomic E-state index is 0.0726. The Morgan fingerprint density at radius 2 is 2.05 bits per heavy atom. The molecule has 3 rings (SSSR count). The third kappa shape index (κ3) is 2.59. The minimum Gasteiger partial charge on any atom is -0.352 e. The number of hydrogen-bond acceptors (Lipinski definition) is 3. The lowest BCUT2D eigenvalue weighted by atomic mass is 10.2. The van der Waals surface area contributed by atoms with Gasteiger partial charge in [-0.15, -0.1) is 0 Å². The van der Waals surface area contributed by atoms with Crippen molar-refractivity contribution in [2.45, 2.75) is 37.8 Å². The maximum Gasteiger partial charge on any atom is 0.271 e. The zero-order chi connectivity index (χ0) is 14.1. The molecule has 0 spiro atoms. The van der Waals surface area contributed by atoms with Crippen molar-refractivity contribution in [3.8, 4) is 0 Å². The number of H-pyrrole nitrogens is 1. The number of amides is 2. The Balaban J connectivity index is 1.75. The van der Waals surface area contributed by atoms with Crippen LogP contribution in [0.2, 0.25) is 0 Å². The third-order valence-corrected chi connectivity index (χ3v) is 3.74. The van der Waals surface area contributed by atoms with E-state index in [4.69, 9.17) is 0 Å². The summed E-state index contributed by atoms with van der Waals surface area (Å²) in [4.78, 5) is 39.9. The summed E-state index contributed by atoms with van der Waals surface area (Å²) in [7, 11) is 0. The number of likely N-dealkylation sites (tertiary alicyclic amines) is 1. The first-order valence-corrected chi connectivity index (χ1v) is 6.96. The van der Waals surface area contributed by atoms with Gasteiger partial charge in [0.05, 0.1) is 0 Å². The highest BCUT2D eigenvalue weighted by Crippen LogP contribution is 2.23. The Morgan fingerprint density at radius 3 is 2.75 bits per heavy atom. The number of nitrogens with zero attached hydrogens (tertiary/aromatic N) is 1. The Morgan fingerprint density at radius 1 is 1.25 bits per heavy atom. The van der Waals surface area contributed by atoms with E-state index >= 15 is 0 Å². The molecule has 6 nitrogen and oxygen atoms in total. The van der Waals surface area contributed by atoms with Gasteiger partial charge in [-0.1, -0.05) is 6.07 Å². The zero-order valence-electron chi connectivity index (χ0n) is 11.1. The van der Waals surface area contributed by atoms with Crippen LogP contribution in [0, 0.1) is 0 Å². The lowest BCUT2D eigenvalue weighted by Gasteiger charge is -2.23. The van der Waals surface area contributed by atoms with Crippen molar-refractivity contribution in [1.29, 1.82) is 0 Å². The van der Waals surface area contributed by atoms with E-state index in [0.717, 1.165) is 19.3 Å². The third-order valence-electron chi connectivity index (χ3n) is 3.74. The maximum atomic E-state index is 12.4. The van der Waals surface area contributed by atoms with Crippen LogP contribution in [0.25, 0.3) is 0 Å². The number of carbonyl (C=O) groups excluding carboxylic acids is 2. The van der Waals surface area contributed by atoms with Gasteiger partial charge in [0.15, 0.2) is 0 Å². The molecule has 1 aromatic rings. The van der Waals surface area contributed by atoms with Gasteiger partial charge in [-0.05, 0) is 31.7 Å². The van der Waals surface area contributed by atoms with Gasteiger partial charge in [0.25, 0.3) is 5.91 Å². The molecule has 0 radical (unpaired) electrons. The first kappa shape index (κ1) is 12.9. The number of rotatable bonds is 3. The van der Waals surface area contributed by atoms with Crippen molar-refractivity contribution < 1.29 is 9.59 Å². The molecule has 2 fully saturated rings. The molecule has 2 N–H and O–H groups in total. The van der Waals surface area contributed by atoms with Crippen LogP contribution < -0.4 is 10.9 Å². The molecule has 1 unspecified atom stereocenters. The fourth-order valence-corrected chi connectivity index (χ4v) is 2.53. The molecule has 1 aliphatic heterocycles. The summed E-state index contributed by atoms with van der Waals surface area (Å²) < 4.78 is 0. The standard InChI is InChI=1S/C14H17N3O3/c18-12-5-1-3-10(16-12)14(20)17-8-2-4-11(17)13(19)15-9-6-7-9/h1,3,5,9,11H,2,4,6-8H2,(H,15,19)(H,16,18). The molecule has 1 saturated carbocycles. The van der Waals surface area contributed by atoms with Crippen LogP contribution in [-0.4, -0.2) is 40.3 Å². The molecule has 1 aromatic heterocycles. The summed E-state index contributed by atoms with van der Waals surface area (Å²) in [5.41, 5.74) is -0.0716. The Labute approximate surface area is 116 Å². The van der Waals surface area contributed by atoms with E-state index in [1.54, 1.807) is 17.0 Å². The van der Waals surface area contributed by atoms with Crippen LogP contribution in [0.3, 0.4) is 0 Å². The summed E-state index contributed by atoms with van der Waals surface area (Å²) in [6.45, 7) is 0.554. The molecular formula is C14H17N3O3. The van der Waals surface area contributed by atoms with Crippen molar-refractivity contribution in [2.75, 3.05) is 6.54 Å². The molecule has 1 saturated heterocycles. The molecule has 0 bridgehead atoms. The Bertz CT molecular complexity index is 591. The average molecular weight is 275 g/mol. The maximum absolute atomic E-state index is 12.4. The van der Waals surface area contributed by atoms with Gasteiger partial charge in [-0.25, -0.2) is 0 Å². The fourth-order valence-electron chi connectivity index (χ4n) is 2.53. The van der Waals surface area contributed by atoms with Crippen molar-refractivity contribution >= 4 is 11.8 Å². The molecule has 106 valence electrons. The van der Waals surface area contributed by atoms with Gasteiger partial charge in [0, 0.05) is 18.7 Å². The van der Waals surface area contributed by atoms with Gasteiger partial charge >= 0.3 is 0 Å². The van der Waals surface area contributed by atoms with E-state index < -0.39 is 6.04 Å². The number of pyridine rings is 1. The number of aromatic nitrogens is 1. The van der Waals surface area contributed by atoms with Crippen LogP contribution in [0.15, 0.2) is 23.0 Å².